The molecule has 0 saturated heterocycles. The van der Waals surface area contributed by atoms with Gasteiger partial charge in [-0.15, -0.1) is 0 Å². The summed E-state index contributed by atoms with van der Waals surface area (Å²) in [6.45, 7) is 2.01. The molecule has 0 saturated carbocycles. The van der Waals surface area contributed by atoms with E-state index in [2.05, 4.69) is 9.98 Å². The first-order valence-corrected chi connectivity index (χ1v) is 5.71. The van der Waals surface area contributed by atoms with Crippen LogP contribution in [0, 0.1) is 3.70 Å². The predicted octanol–water partition coefficient (Wildman–Crippen LogP) is 1.09. The van der Waals surface area contributed by atoms with Gasteiger partial charge in [0.1, 0.15) is 9.54 Å². The summed E-state index contributed by atoms with van der Waals surface area (Å²) in [4.78, 5) is 8.53. The summed E-state index contributed by atoms with van der Waals surface area (Å²) in [5.74, 6) is 0.613. The number of hydrogen-bond acceptors (Lipinski definition) is 3. The van der Waals surface area contributed by atoms with E-state index in [-0.39, 0.29) is 20.7 Å². The Labute approximate surface area is 80.5 Å². The molecule has 1 aromatic rings. The lowest BCUT2D eigenvalue weighted by Crippen LogP contribution is -2.19. The van der Waals surface area contributed by atoms with Crippen molar-refractivity contribution in [2.45, 2.75) is 6.92 Å². The van der Waals surface area contributed by atoms with Crippen molar-refractivity contribution < 1.29 is 0 Å². The van der Waals surface area contributed by atoms with Crippen molar-refractivity contribution in [3.8, 4) is 0 Å². The molecule has 3 nitrogen and oxygen atoms in total. The van der Waals surface area contributed by atoms with Crippen LogP contribution in [0.1, 0.15) is 12.5 Å². The smallest absolute Gasteiger partial charge is 0.134 e. The van der Waals surface area contributed by atoms with Gasteiger partial charge in [0, 0.05) is 11.8 Å². The van der Waals surface area contributed by atoms with Gasteiger partial charge in [-0.2, -0.15) is 0 Å². The standard InChI is InChI=1S/C8H8IN3/c1-5-9-7-6(8(10)12-5)3-2-4-11-7/h2-4H,1H3,(H2,10,12). The number of fused-ring (bicyclic) bond motifs is 1. The maximum atomic E-state index is 5.74. The van der Waals surface area contributed by atoms with Crippen molar-refractivity contribution in [3.05, 3.63) is 27.6 Å². The SMILES string of the molecule is CC1=Ic2ncccc2C(N)=N1. The van der Waals surface area contributed by atoms with Crippen molar-refractivity contribution in [1.82, 2.24) is 4.98 Å². The predicted molar refractivity (Wildman–Crippen MR) is 58.4 cm³/mol. The normalized spacial score (nSPS) is 15.4. The van der Waals surface area contributed by atoms with Crippen LogP contribution in [0.4, 0.5) is 0 Å². The fourth-order valence-electron chi connectivity index (χ4n) is 1.03. The first-order valence-electron chi connectivity index (χ1n) is 3.55. The second-order valence-electron chi connectivity index (χ2n) is 2.43. The second-order valence-corrected chi connectivity index (χ2v) is 5.55. The third kappa shape index (κ3) is 1.26. The van der Waals surface area contributed by atoms with Gasteiger partial charge in [0.05, 0.1) is 3.63 Å². The molecule has 0 spiro atoms. The molecule has 0 aromatic carbocycles. The van der Waals surface area contributed by atoms with E-state index in [1.807, 2.05) is 25.3 Å². The number of aromatic nitrogens is 1. The van der Waals surface area contributed by atoms with Crippen LogP contribution >= 0.6 is 20.7 Å². The number of nitrogens with zero attached hydrogens (tertiary/aromatic N) is 2. The maximum Gasteiger partial charge on any atom is 0.134 e. The topological polar surface area (TPSA) is 51.3 Å². The monoisotopic (exact) mass is 273 g/mol. The van der Waals surface area contributed by atoms with Gasteiger partial charge in [0.15, 0.2) is 0 Å². The van der Waals surface area contributed by atoms with E-state index in [0.29, 0.717) is 5.84 Å². The molecule has 1 aromatic heterocycles. The molecule has 2 heterocycles. The molecule has 62 valence electrons. The number of nitrogens with two attached hydrogens (primary N) is 1. The molecule has 0 radical (unpaired) electrons. The van der Waals surface area contributed by atoms with Gasteiger partial charge in [-0.1, -0.05) is 0 Å². The molecule has 12 heavy (non-hydrogen) atoms. The zero-order valence-corrected chi connectivity index (χ0v) is 8.74. The molecule has 4 heteroatoms. The van der Waals surface area contributed by atoms with Crippen LogP contribution in [0.15, 0.2) is 23.3 Å². The largest absolute Gasteiger partial charge is 0.383 e. The van der Waals surface area contributed by atoms with E-state index in [4.69, 9.17) is 5.73 Å². The number of aliphatic imine (C=N–C) groups is 1. The van der Waals surface area contributed by atoms with Crippen LogP contribution in [0.3, 0.4) is 0 Å². The lowest BCUT2D eigenvalue weighted by atomic mass is 10.3. The van der Waals surface area contributed by atoms with Crippen LogP contribution in [-0.4, -0.2) is 14.5 Å². The summed E-state index contributed by atoms with van der Waals surface area (Å²) in [7, 11) is 0. The Morgan fingerprint density at radius 2 is 2.33 bits per heavy atom. The third-order valence-electron chi connectivity index (χ3n) is 1.54. The highest BCUT2D eigenvalue weighted by Crippen LogP contribution is 2.20. The summed E-state index contributed by atoms with van der Waals surface area (Å²) in [5.41, 5.74) is 6.77. The molecule has 2 N–H and O–H groups in total. The Hall–Kier alpha value is -0.780. The molecule has 0 aliphatic carbocycles. The van der Waals surface area contributed by atoms with Gasteiger partial charge in [0.25, 0.3) is 0 Å². The minimum Gasteiger partial charge on any atom is -0.383 e. The molecule has 0 atom stereocenters. The molecule has 0 unspecified atom stereocenters. The van der Waals surface area contributed by atoms with E-state index in [1.54, 1.807) is 0 Å². The molecule has 0 bridgehead atoms. The molecule has 0 amide bonds. The molecule has 1 aliphatic rings. The van der Waals surface area contributed by atoms with E-state index in [0.717, 1.165) is 12.9 Å². The van der Waals surface area contributed by atoms with Gasteiger partial charge in [0.2, 0.25) is 0 Å². The lowest BCUT2D eigenvalue weighted by molar-refractivity contribution is 1.25. The Morgan fingerprint density at radius 1 is 1.50 bits per heavy atom. The third-order valence-corrected chi connectivity index (χ3v) is 3.93. The summed E-state index contributed by atoms with van der Waals surface area (Å²) >= 11 is -0.157. The highest BCUT2D eigenvalue weighted by atomic mass is 127. The second kappa shape index (κ2) is 2.93. The summed E-state index contributed by atoms with van der Waals surface area (Å²) in [6.07, 6.45) is 1.81. The number of halogens is 1. The first kappa shape index (κ1) is 7.85. The zero-order chi connectivity index (χ0) is 8.55. The molecular formula is C8H8IN3. The maximum absolute atomic E-state index is 5.74. The lowest BCUT2D eigenvalue weighted by Gasteiger charge is -2.08. The summed E-state index contributed by atoms with van der Waals surface area (Å²) in [5, 5.41) is 0. The highest BCUT2D eigenvalue weighted by Gasteiger charge is 2.10. The molecular weight excluding hydrogens is 265 g/mol. The van der Waals surface area contributed by atoms with Crippen molar-refractivity contribution >= 4 is 30.2 Å². The zero-order valence-electron chi connectivity index (χ0n) is 6.58. The van der Waals surface area contributed by atoms with Gasteiger partial charge in [-0.05, 0) is 39.8 Å². The van der Waals surface area contributed by atoms with E-state index in [1.165, 1.54) is 0 Å². The Balaban J connectivity index is 2.66. The number of rotatable bonds is 0. The quantitative estimate of drug-likeness (QED) is 0.568. The van der Waals surface area contributed by atoms with Crippen LogP contribution in [0.25, 0.3) is 0 Å². The Morgan fingerprint density at radius 3 is 3.17 bits per heavy atom. The van der Waals surface area contributed by atoms with Crippen molar-refractivity contribution in [3.63, 3.8) is 0 Å². The first-order chi connectivity index (χ1) is 5.77. The van der Waals surface area contributed by atoms with Crippen LogP contribution in [0.2, 0.25) is 0 Å². The Kier molecular flexibility index (Phi) is 1.92. The minimum absolute atomic E-state index is 0.157. The summed E-state index contributed by atoms with van der Waals surface area (Å²) < 4.78 is 2.28. The minimum atomic E-state index is -0.157. The van der Waals surface area contributed by atoms with Crippen LogP contribution in [-0.2, 0) is 0 Å². The van der Waals surface area contributed by atoms with Crippen molar-refractivity contribution in [1.29, 1.82) is 0 Å². The van der Waals surface area contributed by atoms with Crippen molar-refractivity contribution in [2.24, 2.45) is 10.7 Å². The Bertz CT molecular complexity index is 382. The average molecular weight is 273 g/mol. The highest BCUT2D eigenvalue weighted by molar-refractivity contribution is 14.2. The van der Waals surface area contributed by atoms with Crippen LogP contribution in [0.5, 0.6) is 0 Å². The van der Waals surface area contributed by atoms with E-state index in [9.17, 15) is 0 Å². The molecule has 1 aliphatic heterocycles. The number of hydrogen-bond donors (Lipinski definition) is 1. The van der Waals surface area contributed by atoms with E-state index >= 15 is 0 Å². The van der Waals surface area contributed by atoms with E-state index < -0.39 is 0 Å². The van der Waals surface area contributed by atoms with Crippen molar-refractivity contribution in [2.75, 3.05) is 0 Å². The number of pyridine rings is 1. The fourth-order valence-corrected chi connectivity index (χ4v) is 3.20. The van der Waals surface area contributed by atoms with Crippen LogP contribution < -0.4 is 5.73 Å². The summed E-state index contributed by atoms with van der Waals surface area (Å²) in [6, 6.07) is 3.87. The number of amidine groups is 1. The van der Waals surface area contributed by atoms with Gasteiger partial charge >= 0.3 is 0 Å². The molecule has 0 fully saturated rings. The fraction of sp³-hybridized carbons (Fsp3) is 0.125. The van der Waals surface area contributed by atoms with Gasteiger partial charge < -0.3 is 5.73 Å². The van der Waals surface area contributed by atoms with Gasteiger partial charge in [-0.3, -0.25) is 0 Å². The molecule has 2 rings (SSSR count). The average Bonchev–Trinajstić information content (AvgIpc) is 2.04. The van der Waals surface area contributed by atoms with Gasteiger partial charge in [-0.25, -0.2) is 9.98 Å².